The molecule has 1 aromatic heterocycles. The van der Waals surface area contributed by atoms with Crippen LogP contribution in [-0.2, 0) is 0 Å². The maximum atomic E-state index is 12.7. The topological polar surface area (TPSA) is 152 Å². The van der Waals surface area contributed by atoms with E-state index in [2.05, 4.69) is 9.53 Å². The first kappa shape index (κ1) is 26.7. The van der Waals surface area contributed by atoms with E-state index in [1.807, 2.05) is 0 Å². The molecular formula is C18H10N4Na2O8P2. The van der Waals surface area contributed by atoms with Crippen LogP contribution < -0.4 is 98.7 Å². The van der Waals surface area contributed by atoms with Crippen LogP contribution in [0.15, 0.2) is 79.9 Å². The molecule has 0 radical (unpaired) electrons. The third-order valence-corrected chi connectivity index (χ3v) is 6.20. The minimum absolute atomic E-state index is 0. The Kier molecular flexibility index (Phi) is 8.83. The van der Waals surface area contributed by atoms with Crippen LogP contribution in [0.2, 0.25) is 0 Å². The SMILES string of the molecule is O=c1ccn(/C([O-])=N\P2Oc3ccccc3O2)c(=O)n1/C([O-])=N/P1Oc2ccccc2O1.[Na+].[Na+]. The van der Waals surface area contributed by atoms with Crippen LogP contribution in [-0.4, -0.2) is 21.2 Å². The van der Waals surface area contributed by atoms with Crippen molar-refractivity contribution in [1.82, 2.24) is 9.13 Å². The van der Waals surface area contributed by atoms with Gasteiger partial charge in [-0.2, -0.15) is 9.53 Å². The van der Waals surface area contributed by atoms with Crippen LogP contribution in [0.5, 0.6) is 23.0 Å². The molecule has 0 N–H and O–H groups in total. The van der Waals surface area contributed by atoms with Gasteiger partial charge in [0.2, 0.25) is 0 Å². The Bertz CT molecular complexity index is 1350. The van der Waals surface area contributed by atoms with E-state index in [0.717, 1.165) is 12.3 Å². The number of fused-ring (bicyclic) bond motifs is 2. The Hall–Kier alpha value is -1.88. The zero-order valence-electron chi connectivity index (χ0n) is 17.7. The third-order valence-electron chi connectivity index (χ3n) is 4.12. The molecular weight excluding hydrogens is 508 g/mol. The fraction of sp³-hybridized carbons (Fsp3) is 0. The molecule has 2 aliphatic rings. The number of benzene rings is 2. The van der Waals surface area contributed by atoms with Crippen molar-refractivity contribution in [3.8, 4) is 23.0 Å². The second-order valence-electron chi connectivity index (χ2n) is 6.14. The van der Waals surface area contributed by atoms with Gasteiger partial charge in [0, 0.05) is 12.3 Å². The Morgan fingerprint density at radius 1 is 0.706 bits per heavy atom. The van der Waals surface area contributed by atoms with Crippen LogP contribution in [0.3, 0.4) is 0 Å². The molecule has 0 saturated carbocycles. The average molecular weight is 518 g/mol. The number of aromatic nitrogens is 2. The molecule has 3 heterocycles. The van der Waals surface area contributed by atoms with Crippen molar-refractivity contribution < 1.29 is 87.4 Å². The van der Waals surface area contributed by atoms with Gasteiger partial charge in [-0.3, -0.25) is 9.36 Å². The molecule has 162 valence electrons. The summed E-state index contributed by atoms with van der Waals surface area (Å²) in [5.74, 6) is 1.56. The summed E-state index contributed by atoms with van der Waals surface area (Å²) < 4.78 is 29.7. The van der Waals surface area contributed by atoms with Gasteiger partial charge < -0.3 is 28.3 Å². The van der Waals surface area contributed by atoms with Gasteiger partial charge in [0.1, 0.15) is 0 Å². The Morgan fingerprint density at radius 2 is 1.12 bits per heavy atom. The Balaban J connectivity index is 0.00000162. The summed E-state index contributed by atoms with van der Waals surface area (Å²) >= 11 is 0. The molecule has 16 heteroatoms. The molecule has 0 spiro atoms. The van der Waals surface area contributed by atoms with Crippen molar-refractivity contribution in [2.45, 2.75) is 0 Å². The summed E-state index contributed by atoms with van der Waals surface area (Å²) in [6.07, 6.45) is 0.905. The fourth-order valence-electron chi connectivity index (χ4n) is 2.69. The first-order valence-electron chi connectivity index (χ1n) is 8.86. The van der Waals surface area contributed by atoms with Gasteiger partial charge >= 0.3 is 81.9 Å². The van der Waals surface area contributed by atoms with Crippen molar-refractivity contribution in [1.29, 1.82) is 0 Å². The number of rotatable bonds is 2. The van der Waals surface area contributed by atoms with Crippen LogP contribution in [0, 0.1) is 0 Å². The largest absolute Gasteiger partial charge is 1.00 e. The van der Waals surface area contributed by atoms with Crippen LogP contribution in [0.4, 0.5) is 0 Å². The van der Waals surface area contributed by atoms with Gasteiger partial charge in [-0.1, -0.05) is 24.3 Å². The molecule has 0 aliphatic carbocycles. The number of hydrogen-bond donors (Lipinski definition) is 0. The molecule has 5 rings (SSSR count). The zero-order valence-corrected chi connectivity index (χ0v) is 23.5. The van der Waals surface area contributed by atoms with E-state index in [9.17, 15) is 19.8 Å². The fourth-order valence-corrected chi connectivity index (χ4v) is 4.67. The second kappa shape index (κ2) is 11.2. The van der Waals surface area contributed by atoms with E-state index in [1.165, 1.54) is 0 Å². The minimum atomic E-state index is -2.10. The van der Waals surface area contributed by atoms with Crippen molar-refractivity contribution in [2.75, 3.05) is 0 Å². The second-order valence-corrected chi connectivity index (χ2v) is 8.22. The molecule has 34 heavy (non-hydrogen) atoms. The molecule has 0 saturated heterocycles. The summed E-state index contributed by atoms with van der Waals surface area (Å²) in [6.45, 7) is 0. The van der Waals surface area contributed by atoms with Crippen molar-refractivity contribution >= 4 is 29.1 Å². The predicted octanol–water partition coefficient (Wildman–Crippen LogP) is -5.46. The molecule has 12 nitrogen and oxygen atoms in total. The van der Waals surface area contributed by atoms with E-state index in [0.29, 0.717) is 27.6 Å². The van der Waals surface area contributed by atoms with Crippen molar-refractivity contribution in [3.05, 3.63) is 81.6 Å². The summed E-state index contributed by atoms with van der Waals surface area (Å²) in [4.78, 5) is 24.8. The maximum Gasteiger partial charge on any atom is 1.00 e. The first-order valence-corrected chi connectivity index (χ1v) is 11.1. The van der Waals surface area contributed by atoms with Gasteiger partial charge in [-0.15, -0.1) is 0 Å². The van der Waals surface area contributed by atoms with E-state index in [4.69, 9.17) is 18.1 Å². The number of hydrogen-bond acceptors (Lipinski definition) is 10. The van der Waals surface area contributed by atoms with Crippen molar-refractivity contribution in [3.63, 3.8) is 0 Å². The van der Waals surface area contributed by atoms with Gasteiger partial charge in [0.15, 0.2) is 23.0 Å². The van der Waals surface area contributed by atoms with E-state index < -0.39 is 40.3 Å². The molecule has 2 aromatic carbocycles. The van der Waals surface area contributed by atoms with Crippen LogP contribution >= 0.6 is 17.1 Å². The molecule has 0 bridgehead atoms. The van der Waals surface area contributed by atoms with Gasteiger partial charge in [-0.25, -0.2) is 9.36 Å². The molecule has 0 amide bonds. The average Bonchev–Trinajstić information content (AvgIpc) is 3.36. The van der Waals surface area contributed by atoms with Crippen molar-refractivity contribution in [2.24, 2.45) is 9.53 Å². The predicted molar refractivity (Wildman–Crippen MR) is 110 cm³/mol. The summed E-state index contributed by atoms with van der Waals surface area (Å²) in [5, 5.41) is 25.0. The number of nitrogens with zero attached hydrogens (tertiary/aromatic N) is 4. The summed E-state index contributed by atoms with van der Waals surface area (Å²) in [5.41, 5.74) is -2.23. The van der Waals surface area contributed by atoms with E-state index >= 15 is 0 Å². The molecule has 0 fully saturated rings. The molecule has 3 aromatic rings. The number of para-hydroxylation sites is 4. The molecule has 0 atom stereocenters. The standard InChI is InChI=1S/C18H12N4O8P2.2Na/c23-15-9-10-21(16(24)19-31-27-11-5-1-2-6-12(11)28-31)18(26)22(15)17(25)20-32-29-13-7-3-4-8-14(13)30-32;;/h1-10H,(H,19,24)(H,20,25);;/q;2*+1/p-2. The Labute approximate surface area is 238 Å². The van der Waals surface area contributed by atoms with Gasteiger partial charge in [0.05, 0.1) is 12.0 Å². The monoisotopic (exact) mass is 518 g/mol. The maximum absolute atomic E-state index is 12.7. The smallest absolute Gasteiger partial charge is 0.845 e. The third kappa shape index (κ3) is 5.35. The van der Waals surface area contributed by atoms with Gasteiger partial charge in [0.25, 0.3) is 5.56 Å². The quantitative estimate of drug-likeness (QED) is 0.141. The van der Waals surface area contributed by atoms with Gasteiger partial charge in [-0.05, 0) is 24.3 Å². The van der Waals surface area contributed by atoms with E-state index in [1.54, 1.807) is 48.5 Å². The van der Waals surface area contributed by atoms with Crippen LogP contribution in [0.1, 0.15) is 0 Å². The van der Waals surface area contributed by atoms with E-state index in [-0.39, 0.29) is 63.7 Å². The molecule has 0 unspecified atom stereocenters. The first-order chi connectivity index (χ1) is 15.5. The summed E-state index contributed by atoms with van der Waals surface area (Å²) in [6, 6.07) is 11.9. The minimum Gasteiger partial charge on any atom is -0.845 e. The normalized spacial score (nSPS) is 14.9. The molecule has 2 aliphatic heterocycles. The zero-order chi connectivity index (χ0) is 22.2. The summed E-state index contributed by atoms with van der Waals surface area (Å²) in [7, 11) is -4.13. The van der Waals surface area contributed by atoms with Crippen LogP contribution in [0.25, 0.3) is 0 Å². The Morgan fingerprint density at radius 3 is 1.56 bits per heavy atom.